The minimum Gasteiger partial charge on any atom is -0.340 e. The molecule has 0 spiro atoms. The number of rotatable bonds is 2. The number of Topliss-reactive ketones (excluding diaryl/α,β-unsaturated/α-hetero) is 4. The van der Waals surface area contributed by atoms with Crippen molar-refractivity contribution in [1.82, 2.24) is 9.13 Å². The van der Waals surface area contributed by atoms with Crippen LogP contribution in [0.25, 0.3) is 74.6 Å². The smallest absolute Gasteiger partial charge is 0.197 e. The zero-order chi connectivity index (χ0) is 37.9. The Bertz CT molecular complexity index is 3130. The van der Waals surface area contributed by atoms with Gasteiger partial charge in [0.25, 0.3) is 0 Å². The van der Waals surface area contributed by atoms with Gasteiger partial charge >= 0.3 is 0 Å². The van der Waals surface area contributed by atoms with Crippen LogP contribution in [0.4, 0.5) is 17.6 Å². The van der Waals surface area contributed by atoms with Crippen LogP contribution >= 0.6 is 34.0 Å². The second-order valence-electron chi connectivity index (χ2n) is 13.8. The van der Waals surface area contributed by atoms with Crippen molar-refractivity contribution >= 4 is 132 Å². The highest BCUT2D eigenvalue weighted by Crippen LogP contribution is 2.49. The molecule has 0 saturated heterocycles. The maximum Gasteiger partial charge on any atom is 0.197 e. The van der Waals surface area contributed by atoms with Gasteiger partial charge in [-0.3, -0.25) is 19.2 Å². The van der Waals surface area contributed by atoms with Crippen LogP contribution in [0.2, 0.25) is 0 Å². The van der Waals surface area contributed by atoms with Crippen molar-refractivity contribution in [2.75, 3.05) is 0 Å². The largest absolute Gasteiger partial charge is 0.340 e. The lowest BCUT2D eigenvalue weighted by Gasteiger charge is -2.02. The Morgan fingerprint density at radius 2 is 0.745 bits per heavy atom. The van der Waals surface area contributed by atoms with Crippen molar-refractivity contribution < 1.29 is 36.7 Å². The van der Waals surface area contributed by atoms with Gasteiger partial charge in [0.1, 0.15) is 0 Å². The zero-order valence-corrected chi connectivity index (χ0v) is 30.6. The van der Waals surface area contributed by atoms with Crippen molar-refractivity contribution in [3.63, 3.8) is 0 Å². The first-order valence-corrected chi connectivity index (χ1v) is 19.2. The molecular formula is C42H18F4N2O4S3. The van der Waals surface area contributed by atoms with Crippen LogP contribution in [0.1, 0.15) is 51.2 Å². The molecule has 0 atom stereocenters. The summed E-state index contributed by atoms with van der Waals surface area (Å²) >= 11 is 4.52. The van der Waals surface area contributed by atoms with Crippen LogP contribution < -0.4 is 0 Å². The van der Waals surface area contributed by atoms with Crippen LogP contribution in [0.5, 0.6) is 0 Å². The maximum absolute atomic E-state index is 13.9. The molecule has 9 aromatic rings. The van der Waals surface area contributed by atoms with Gasteiger partial charge in [0.15, 0.2) is 46.4 Å². The fourth-order valence-electron chi connectivity index (χ4n) is 8.02. The number of benzene rings is 4. The first kappa shape index (κ1) is 32.4. The molecule has 55 heavy (non-hydrogen) atoms. The van der Waals surface area contributed by atoms with E-state index in [1.807, 2.05) is 26.2 Å². The van der Waals surface area contributed by atoms with Gasteiger partial charge in [-0.1, -0.05) is 0 Å². The van der Waals surface area contributed by atoms with Gasteiger partial charge in [0.2, 0.25) is 0 Å². The number of thiophene rings is 3. The van der Waals surface area contributed by atoms with Crippen molar-refractivity contribution in [3.8, 4) is 0 Å². The second kappa shape index (κ2) is 10.8. The quantitative estimate of drug-likeness (QED) is 0.0993. The van der Waals surface area contributed by atoms with E-state index in [4.69, 9.17) is 0 Å². The highest BCUT2D eigenvalue weighted by Gasteiger charge is 2.35. The fraction of sp³-hybridized carbons (Fsp3) is 0.0476. The van der Waals surface area contributed by atoms with E-state index in [1.54, 1.807) is 23.5 Å². The van der Waals surface area contributed by atoms with E-state index >= 15 is 0 Å². The van der Waals surface area contributed by atoms with Crippen LogP contribution in [0.3, 0.4) is 0 Å². The number of hydrogen-bond acceptors (Lipinski definition) is 7. The molecule has 5 aromatic heterocycles. The average molecular weight is 787 g/mol. The third kappa shape index (κ3) is 4.28. The summed E-state index contributed by atoms with van der Waals surface area (Å²) in [6.45, 7) is 0. The summed E-state index contributed by atoms with van der Waals surface area (Å²) in [5.74, 6) is -6.00. The molecule has 0 amide bonds. The van der Waals surface area contributed by atoms with E-state index in [0.717, 1.165) is 65.1 Å². The van der Waals surface area contributed by atoms with E-state index in [9.17, 15) is 36.7 Å². The number of fused-ring (bicyclic) bond motifs is 11. The zero-order valence-electron chi connectivity index (χ0n) is 28.2. The molecule has 0 bridgehead atoms. The average Bonchev–Trinajstić information content (AvgIpc) is 4.00. The van der Waals surface area contributed by atoms with E-state index in [-0.39, 0.29) is 33.4 Å². The van der Waals surface area contributed by atoms with Crippen LogP contribution in [0, 0.1) is 23.3 Å². The fourth-order valence-corrected chi connectivity index (χ4v) is 11.9. The number of aryl methyl sites for hydroxylation is 2. The molecule has 0 radical (unpaired) electrons. The number of hydrogen-bond donors (Lipinski definition) is 0. The number of carbonyl (C=O) groups excluding carboxylic acids is 4. The minimum atomic E-state index is -1.03. The molecule has 0 fully saturated rings. The third-order valence-electron chi connectivity index (χ3n) is 10.7. The maximum atomic E-state index is 13.9. The predicted molar refractivity (Wildman–Crippen MR) is 209 cm³/mol. The molecule has 2 aliphatic rings. The van der Waals surface area contributed by atoms with Crippen LogP contribution in [0.15, 0.2) is 71.8 Å². The third-order valence-corrected chi connectivity index (χ3v) is 14.3. The van der Waals surface area contributed by atoms with E-state index in [0.29, 0.717) is 31.3 Å². The predicted octanol–water partition coefficient (Wildman–Crippen LogP) is 10.9. The molecule has 0 aliphatic heterocycles. The molecular weight excluding hydrogens is 769 g/mol. The van der Waals surface area contributed by atoms with Gasteiger partial charge < -0.3 is 9.13 Å². The van der Waals surface area contributed by atoms with Gasteiger partial charge in [-0.05, 0) is 94.4 Å². The van der Waals surface area contributed by atoms with Gasteiger partial charge in [-0.2, -0.15) is 0 Å². The SMILES string of the molecule is Cn1c2cc(C=C3C(=O)c4cc5cc(F)c(F)cc5cc4C3=O)sc2c2sc3c4sc(C=C5C(=O)c6cc7cc(F)c(F)cc7cc6C5=O)cc4n(C)c3c21. The van der Waals surface area contributed by atoms with Crippen molar-refractivity contribution in [2.24, 2.45) is 14.1 Å². The van der Waals surface area contributed by atoms with Crippen molar-refractivity contribution in [3.05, 3.63) is 127 Å². The van der Waals surface area contributed by atoms with E-state index in [2.05, 4.69) is 9.13 Å². The number of carbonyl (C=O) groups is 4. The van der Waals surface area contributed by atoms with Crippen molar-refractivity contribution in [2.45, 2.75) is 0 Å². The summed E-state index contributed by atoms with van der Waals surface area (Å²) in [4.78, 5) is 55.2. The number of ketones is 4. The normalized spacial score (nSPS) is 14.4. The molecule has 6 nitrogen and oxygen atoms in total. The Morgan fingerprint density at radius 3 is 1.05 bits per heavy atom. The second-order valence-corrected chi connectivity index (χ2v) is 16.9. The highest BCUT2D eigenvalue weighted by molar-refractivity contribution is 7.34. The monoisotopic (exact) mass is 786 g/mol. The molecule has 0 unspecified atom stereocenters. The first-order valence-electron chi connectivity index (χ1n) is 16.8. The number of halogens is 4. The topological polar surface area (TPSA) is 78.1 Å². The lowest BCUT2D eigenvalue weighted by Crippen LogP contribution is -1.99. The number of nitrogens with zero attached hydrogens (tertiary/aromatic N) is 2. The number of aromatic nitrogens is 2. The summed E-state index contributed by atoms with van der Waals surface area (Å²) < 4.78 is 63.9. The molecule has 11 rings (SSSR count). The Morgan fingerprint density at radius 1 is 0.436 bits per heavy atom. The summed E-state index contributed by atoms with van der Waals surface area (Å²) in [5.41, 5.74) is 4.52. The Labute approximate surface area is 317 Å². The number of allylic oxidation sites excluding steroid dienone is 2. The molecule has 4 aromatic carbocycles. The van der Waals surface area contributed by atoms with Gasteiger partial charge in [-0.15, -0.1) is 34.0 Å². The van der Waals surface area contributed by atoms with Crippen LogP contribution in [-0.4, -0.2) is 32.3 Å². The van der Waals surface area contributed by atoms with E-state index < -0.39 is 46.4 Å². The molecule has 0 N–H and O–H groups in total. The molecule has 0 saturated carbocycles. The Balaban J connectivity index is 0.974. The lowest BCUT2D eigenvalue weighted by molar-refractivity contribution is 0.0975. The van der Waals surface area contributed by atoms with Gasteiger partial charge in [0, 0.05) is 46.1 Å². The van der Waals surface area contributed by atoms with Crippen molar-refractivity contribution in [1.29, 1.82) is 0 Å². The van der Waals surface area contributed by atoms with Gasteiger partial charge in [-0.25, -0.2) is 17.6 Å². The van der Waals surface area contributed by atoms with Gasteiger partial charge in [0.05, 0.1) is 52.0 Å². The molecule has 13 heteroatoms. The summed E-state index contributed by atoms with van der Waals surface area (Å²) in [5, 5.41) is 1.32. The Hall–Kier alpha value is -6.02. The molecule has 266 valence electrons. The lowest BCUT2D eigenvalue weighted by atomic mass is 10.0. The minimum absolute atomic E-state index is 0.00859. The first-order chi connectivity index (χ1) is 26.4. The Kier molecular flexibility index (Phi) is 6.37. The molecule has 5 heterocycles. The van der Waals surface area contributed by atoms with E-state index in [1.165, 1.54) is 46.9 Å². The summed E-state index contributed by atoms with van der Waals surface area (Å²) in [7, 11) is 3.92. The summed E-state index contributed by atoms with van der Waals surface area (Å²) in [6, 6.07) is 13.7. The standard InChI is InChI=1S/C42H18F4N2O4S3/c1-47-31-13-19(11-25-35(49)21-3-15-7-27(43)28(44)8-16(15)4-22(21)36(25)50)53-39(31)41-33(47)34-42(55-41)40-32(48(34)2)14-20(54-40)12-26-37(51)23-5-17-9-29(45)30(46)10-18(17)6-24(23)38(26)52/h3-14H,1-2H3. The van der Waals surface area contributed by atoms with Crippen LogP contribution in [-0.2, 0) is 14.1 Å². The molecule has 2 aliphatic carbocycles. The highest BCUT2D eigenvalue weighted by atomic mass is 32.1. The summed E-state index contributed by atoms with van der Waals surface area (Å²) in [6.07, 6.45) is 3.17.